The van der Waals surface area contributed by atoms with Crippen LogP contribution in [0.5, 0.6) is 0 Å². The average molecular weight is 279 g/mol. The highest BCUT2D eigenvalue weighted by atomic mass is 19.1. The molecule has 0 heterocycles. The monoisotopic (exact) mass is 279 g/mol. The molecule has 0 aromatic heterocycles. The highest BCUT2D eigenvalue weighted by Crippen LogP contribution is 2.23. The molecule has 0 saturated heterocycles. The zero-order valence-electron chi connectivity index (χ0n) is 12.5. The maximum Gasteiger partial charge on any atom is 0.123 e. The first-order chi connectivity index (χ1) is 9.90. The number of benzene rings is 2. The maximum absolute atomic E-state index is 13.3. The Bertz CT molecular complexity index is 698. The van der Waals surface area contributed by atoms with E-state index in [1.807, 2.05) is 18.2 Å². The van der Waals surface area contributed by atoms with E-state index >= 15 is 0 Å². The number of hydrogen-bond donors (Lipinski definition) is 0. The van der Waals surface area contributed by atoms with Gasteiger partial charge in [-0.1, -0.05) is 57.2 Å². The predicted octanol–water partition coefficient (Wildman–Crippen LogP) is 5.17. The van der Waals surface area contributed by atoms with Gasteiger partial charge in [0.2, 0.25) is 0 Å². The molecule has 0 aliphatic heterocycles. The average Bonchev–Trinajstić information content (AvgIpc) is 2.45. The molecule has 0 radical (unpaired) electrons. The van der Waals surface area contributed by atoms with E-state index in [0.717, 1.165) is 5.56 Å². The molecule has 0 N–H and O–H groups in total. The van der Waals surface area contributed by atoms with Gasteiger partial charge >= 0.3 is 0 Å². The van der Waals surface area contributed by atoms with Gasteiger partial charge in [0.15, 0.2) is 0 Å². The van der Waals surface area contributed by atoms with Crippen LogP contribution in [0.1, 0.15) is 43.0 Å². The standard InChI is InChI=1S/C19H18FN/c1-19(2,3)17-9-5-14(6-10-17)4-7-15-12-18(20)11-8-16(15)13-21/h4-12H,1-3H3. The highest BCUT2D eigenvalue weighted by Gasteiger charge is 2.12. The van der Waals surface area contributed by atoms with Crippen molar-refractivity contribution >= 4 is 12.2 Å². The lowest BCUT2D eigenvalue weighted by Gasteiger charge is -2.18. The summed E-state index contributed by atoms with van der Waals surface area (Å²) in [6.07, 6.45) is 3.66. The summed E-state index contributed by atoms with van der Waals surface area (Å²) in [6, 6.07) is 14.5. The predicted molar refractivity (Wildman–Crippen MR) is 85.2 cm³/mol. The van der Waals surface area contributed by atoms with Crippen LogP contribution < -0.4 is 0 Å². The molecule has 0 amide bonds. The second-order valence-electron chi connectivity index (χ2n) is 6.05. The van der Waals surface area contributed by atoms with E-state index in [-0.39, 0.29) is 11.2 Å². The van der Waals surface area contributed by atoms with Crippen LogP contribution in [-0.2, 0) is 5.41 Å². The van der Waals surface area contributed by atoms with Gasteiger partial charge in [-0.2, -0.15) is 5.26 Å². The topological polar surface area (TPSA) is 23.8 Å². The van der Waals surface area contributed by atoms with E-state index in [9.17, 15) is 4.39 Å². The third kappa shape index (κ3) is 3.79. The molecule has 0 saturated carbocycles. The number of hydrogen-bond acceptors (Lipinski definition) is 1. The summed E-state index contributed by atoms with van der Waals surface area (Å²) in [7, 11) is 0. The van der Waals surface area contributed by atoms with Gasteiger partial charge in [0.1, 0.15) is 5.82 Å². The number of halogens is 1. The molecule has 2 rings (SSSR count). The van der Waals surface area contributed by atoms with Crippen LogP contribution in [0.2, 0.25) is 0 Å². The Balaban J connectivity index is 2.26. The molecular weight excluding hydrogens is 261 g/mol. The fraction of sp³-hybridized carbons (Fsp3) is 0.211. The Labute approximate surface area is 125 Å². The summed E-state index contributed by atoms with van der Waals surface area (Å²) in [5, 5.41) is 9.03. The Morgan fingerprint density at radius 1 is 1.00 bits per heavy atom. The van der Waals surface area contributed by atoms with Crippen molar-refractivity contribution in [3.8, 4) is 6.07 Å². The molecular formula is C19H18FN. The van der Waals surface area contributed by atoms with Crippen LogP contribution >= 0.6 is 0 Å². The van der Waals surface area contributed by atoms with Crippen molar-refractivity contribution in [3.05, 3.63) is 70.5 Å². The van der Waals surface area contributed by atoms with Crippen molar-refractivity contribution in [3.63, 3.8) is 0 Å². The summed E-state index contributed by atoms with van der Waals surface area (Å²) in [6.45, 7) is 6.51. The maximum atomic E-state index is 13.3. The Kier molecular flexibility index (Phi) is 4.23. The molecule has 2 aromatic rings. The lowest BCUT2D eigenvalue weighted by molar-refractivity contribution is 0.590. The minimum Gasteiger partial charge on any atom is -0.207 e. The van der Waals surface area contributed by atoms with Crippen LogP contribution in [0.15, 0.2) is 42.5 Å². The van der Waals surface area contributed by atoms with Crippen molar-refractivity contribution < 1.29 is 4.39 Å². The number of nitrogens with zero attached hydrogens (tertiary/aromatic N) is 1. The minimum absolute atomic E-state index is 0.124. The molecule has 21 heavy (non-hydrogen) atoms. The molecule has 1 nitrogen and oxygen atoms in total. The van der Waals surface area contributed by atoms with E-state index in [1.54, 1.807) is 6.08 Å². The molecule has 0 fully saturated rings. The van der Waals surface area contributed by atoms with Crippen molar-refractivity contribution in [2.75, 3.05) is 0 Å². The number of nitriles is 1. The van der Waals surface area contributed by atoms with Crippen LogP contribution in [0, 0.1) is 17.1 Å². The number of rotatable bonds is 2. The largest absolute Gasteiger partial charge is 0.207 e. The van der Waals surface area contributed by atoms with Crippen molar-refractivity contribution in [2.24, 2.45) is 0 Å². The van der Waals surface area contributed by atoms with Gasteiger partial charge < -0.3 is 0 Å². The van der Waals surface area contributed by atoms with E-state index < -0.39 is 0 Å². The molecule has 0 atom stereocenters. The van der Waals surface area contributed by atoms with E-state index in [2.05, 4.69) is 39.0 Å². The Morgan fingerprint density at radius 3 is 2.24 bits per heavy atom. The molecule has 2 aromatic carbocycles. The van der Waals surface area contributed by atoms with Crippen LogP contribution in [0.4, 0.5) is 4.39 Å². The molecule has 0 unspecified atom stereocenters. The van der Waals surface area contributed by atoms with Gasteiger partial charge in [0, 0.05) is 0 Å². The van der Waals surface area contributed by atoms with Gasteiger partial charge in [0.25, 0.3) is 0 Å². The summed E-state index contributed by atoms with van der Waals surface area (Å²) in [5.74, 6) is -0.336. The van der Waals surface area contributed by atoms with Crippen LogP contribution in [-0.4, -0.2) is 0 Å². The van der Waals surface area contributed by atoms with Crippen LogP contribution in [0.3, 0.4) is 0 Å². The molecule has 0 spiro atoms. The summed E-state index contributed by atoms with van der Waals surface area (Å²) in [4.78, 5) is 0. The molecule has 2 heteroatoms. The van der Waals surface area contributed by atoms with Gasteiger partial charge in [-0.3, -0.25) is 0 Å². The smallest absolute Gasteiger partial charge is 0.123 e. The molecule has 106 valence electrons. The van der Waals surface area contributed by atoms with E-state index in [4.69, 9.17) is 5.26 Å². The van der Waals surface area contributed by atoms with Gasteiger partial charge in [-0.05, 0) is 40.3 Å². The highest BCUT2D eigenvalue weighted by molar-refractivity contribution is 5.72. The van der Waals surface area contributed by atoms with Crippen molar-refractivity contribution in [1.29, 1.82) is 5.26 Å². The second-order valence-corrected chi connectivity index (χ2v) is 6.05. The van der Waals surface area contributed by atoms with Crippen molar-refractivity contribution in [1.82, 2.24) is 0 Å². The van der Waals surface area contributed by atoms with Crippen LogP contribution in [0.25, 0.3) is 12.2 Å². The van der Waals surface area contributed by atoms with Gasteiger partial charge in [-0.15, -0.1) is 0 Å². The van der Waals surface area contributed by atoms with Gasteiger partial charge in [0.05, 0.1) is 11.6 Å². The first-order valence-electron chi connectivity index (χ1n) is 6.88. The summed E-state index contributed by atoms with van der Waals surface area (Å²) < 4.78 is 13.3. The quantitative estimate of drug-likeness (QED) is 0.696. The Hall–Kier alpha value is -2.40. The zero-order valence-corrected chi connectivity index (χ0v) is 12.5. The van der Waals surface area contributed by atoms with E-state index in [0.29, 0.717) is 11.1 Å². The lowest BCUT2D eigenvalue weighted by atomic mass is 9.87. The first-order valence-corrected chi connectivity index (χ1v) is 6.88. The van der Waals surface area contributed by atoms with Gasteiger partial charge in [-0.25, -0.2) is 4.39 Å². The normalized spacial score (nSPS) is 11.6. The third-order valence-corrected chi connectivity index (χ3v) is 3.37. The second kappa shape index (κ2) is 5.93. The molecule has 0 aliphatic carbocycles. The minimum atomic E-state index is -0.336. The Morgan fingerprint density at radius 2 is 1.67 bits per heavy atom. The molecule has 0 aliphatic rings. The first kappa shape index (κ1) is 15.0. The summed E-state index contributed by atoms with van der Waals surface area (Å²) >= 11 is 0. The fourth-order valence-electron chi connectivity index (χ4n) is 2.05. The molecule has 0 bridgehead atoms. The van der Waals surface area contributed by atoms with Crippen molar-refractivity contribution in [2.45, 2.75) is 26.2 Å². The third-order valence-electron chi connectivity index (χ3n) is 3.37. The van der Waals surface area contributed by atoms with E-state index in [1.165, 1.54) is 23.8 Å². The zero-order chi connectivity index (χ0) is 15.5. The fourth-order valence-corrected chi connectivity index (χ4v) is 2.05. The summed E-state index contributed by atoms with van der Waals surface area (Å²) in [5.41, 5.74) is 3.48. The lowest BCUT2D eigenvalue weighted by Crippen LogP contribution is -2.10. The SMILES string of the molecule is CC(C)(C)c1ccc(C=Cc2cc(F)ccc2C#N)cc1.